The summed E-state index contributed by atoms with van der Waals surface area (Å²) >= 11 is 0. The number of halogens is 1. The Kier molecular flexibility index (Phi) is 2.68. The molecule has 2 rings (SSSR count). The molecule has 0 spiro atoms. The standard InChI is InChI=1S/C11H12FNO3/c1-6-9(5-11(14)15)16-10-4-7(12)2-3-8(10)13-6/h2-4,6,9,13H,5H2,1H3,(H,14,15). The van der Waals surface area contributed by atoms with Crippen LogP contribution in [0.15, 0.2) is 18.2 Å². The molecular weight excluding hydrogens is 213 g/mol. The minimum atomic E-state index is -0.932. The lowest BCUT2D eigenvalue weighted by molar-refractivity contribution is -0.139. The molecule has 0 aliphatic carbocycles. The quantitative estimate of drug-likeness (QED) is 0.806. The number of benzene rings is 1. The lowest BCUT2D eigenvalue weighted by Crippen LogP contribution is -2.40. The van der Waals surface area contributed by atoms with Crippen LogP contribution in [0.1, 0.15) is 13.3 Å². The first-order chi connectivity index (χ1) is 7.56. The van der Waals surface area contributed by atoms with E-state index >= 15 is 0 Å². The Morgan fingerprint density at radius 1 is 1.62 bits per heavy atom. The molecule has 1 aromatic carbocycles. The topological polar surface area (TPSA) is 58.6 Å². The van der Waals surface area contributed by atoms with E-state index in [1.165, 1.54) is 12.1 Å². The minimum Gasteiger partial charge on any atom is -0.485 e. The molecular formula is C11H12FNO3. The van der Waals surface area contributed by atoms with E-state index in [0.29, 0.717) is 11.4 Å². The lowest BCUT2D eigenvalue weighted by atomic mass is 10.1. The van der Waals surface area contributed by atoms with Crippen LogP contribution in [0, 0.1) is 5.82 Å². The van der Waals surface area contributed by atoms with Gasteiger partial charge in [-0.05, 0) is 19.1 Å². The van der Waals surface area contributed by atoms with Crippen LogP contribution in [0.25, 0.3) is 0 Å². The predicted octanol–water partition coefficient (Wildman–Crippen LogP) is 1.86. The Balaban J connectivity index is 2.22. The van der Waals surface area contributed by atoms with Crippen LogP contribution in [-0.4, -0.2) is 23.2 Å². The van der Waals surface area contributed by atoms with Gasteiger partial charge in [0.1, 0.15) is 17.7 Å². The number of nitrogens with one attached hydrogen (secondary N) is 1. The summed E-state index contributed by atoms with van der Waals surface area (Å²) in [7, 11) is 0. The Morgan fingerprint density at radius 2 is 2.38 bits per heavy atom. The van der Waals surface area contributed by atoms with E-state index in [0.717, 1.165) is 0 Å². The van der Waals surface area contributed by atoms with Crippen LogP contribution >= 0.6 is 0 Å². The van der Waals surface area contributed by atoms with E-state index in [2.05, 4.69) is 5.32 Å². The molecule has 0 saturated heterocycles. The van der Waals surface area contributed by atoms with E-state index < -0.39 is 17.9 Å². The molecule has 0 radical (unpaired) electrons. The van der Waals surface area contributed by atoms with E-state index in [9.17, 15) is 9.18 Å². The highest BCUT2D eigenvalue weighted by Gasteiger charge is 2.28. The molecule has 0 bridgehead atoms. The number of rotatable bonds is 2. The number of carboxylic acids is 1. The molecule has 0 amide bonds. The fraction of sp³-hybridized carbons (Fsp3) is 0.364. The number of carbonyl (C=O) groups is 1. The van der Waals surface area contributed by atoms with Crippen LogP contribution in [0.2, 0.25) is 0 Å². The van der Waals surface area contributed by atoms with Crippen molar-refractivity contribution in [1.82, 2.24) is 0 Å². The van der Waals surface area contributed by atoms with Crippen molar-refractivity contribution in [3.63, 3.8) is 0 Å². The Hall–Kier alpha value is -1.78. The molecule has 5 heteroatoms. The normalized spacial score (nSPS) is 22.9. The van der Waals surface area contributed by atoms with Gasteiger partial charge in [-0.25, -0.2) is 4.39 Å². The highest BCUT2D eigenvalue weighted by atomic mass is 19.1. The summed E-state index contributed by atoms with van der Waals surface area (Å²) in [5.41, 5.74) is 0.690. The summed E-state index contributed by atoms with van der Waals surface area (Å²) in [6.45, 7) is 1.83. The van der Waals surface area contributed by atoms with Crippen molar-refractivity contribution < 1.29 is 19.0 Å². The fourth-order valence-corrected chi connectivity index (χ4v) is 1.71. The van der Waals surface area contributed by atoms with Crippen LogP contribution in [0.4, 0.5) is 10.1 Å². The van der Waals surface area contributed by atoms with Crippen molar-refractivity contribution in [2.24, 2.45) is 0 Å². The van der Waals surface area contributed by atoms with Gasteiger partial charge in [-0.3, -0.25) is 4.79 Å². The van der Waals surface area contributed by atoms with Gasteiger partial charge in [0, 0.05) is 6.07 Å². The highest BCUT2D eigenvalue weighted by Crippen LogP contribution is 2.32. The van der Waals surface area contributed by atoms with Crippen molar-refractivity contribution in [2.75, 3.05) is 5.32 Å². The monoisotopic (exact) mass is 225 g/mol. The minimum absolute atomic E-state index is 0.107. The third kappa shape index (κ3) is 2.08. The van der Waals surface area contributed by atoms with Crippen LogP contribution in [0.5, 0.6) is 5.75 Å². The maximum atomic E-state index is 13.0. The zero-order valence-electron chi connectivity index (χ0n) is 8.74. The maximum Gasteiger partial charge on any atom is 0.307 e. The number of hydrogen-bond donors (Lipinski definition) is 2. The van der Waals surface area contributed by atoms with Crippen LogP contribution in [-0.2, 0) is 4.79 Å². The largest absolute Gasteiger partial charge is 0.485 e. The molecule has 1 aliphatic heterocycles. The number of carboxylic acid groups (broad SMARTS) is 1. The van der Waals surface area contributed by atoms with Gasteiger partial charge in [-0.15, -0.1) is 0 Å². The van der Waals surface area contributed by atoms with E-state index in [-0.39, 0.29) is 12.5 Å². The number of fused-ring (bicyclic) bond motifs is 1. The van der Waals surface area contributed by atoms with E-state index in [4.69, 9.17) is 9.84 Å². The zero-order chi connectivity index (χ0) is 11.7. The maximum absolute atomic E-state index is 13.0. The lowest BCUT2D eigenvalue weighted by Gasteiger charge is -2.32. The van der Waals surface area contributed by atoms with Gasteiger partial charge in [0.15, 0.2) is 0 Å². The summed E-state index contributed by atoms with van der Waals surface area (Å²) in [5, 5.41) is 11.8. The molecule has 1 aliphatic rings. The first kappa shape index (κ1) is 10.7. The molecule has 86 valence electrons. The Morgan fingerprint density at radius 3 is 3.06 bits per heavy atom. The van der Waals surface area contributed by atoms with Gasteiger partial charge in [0.25, 0.3) is 0 Å². The SMILES string of the molecule is CC1Nc2ccc(F)cc2OC1CC(=O)O. The first-order valence-electron chi connectivity index (χ1n) is 5.01. The average Bonchev–Trinajstić information content (AvgIpc) is 2.19. The van der Waals surface area contributed by atoms with Crippen molar-refractivity contribution in [2.45, 2.75) is 25.5 Å². The molecule has 1 heterocycles. The van der Waals surface area contributed by atoms with Gasteiger partial charge in [-0.1, -0.05) is 0 Å². The molecule has 2 N–H and O–H groups in total. The van der Waals surface area contributed by atoms with Crippen molar-refractivity contribution in [1.29, 1.82) is 0 Å². The summed E-state index contributed by atoms with van der Waals surface area (Å²) in [6.07, 6.45) is -0.587. The van der Waals surface area contributed by atoms with Gasteiger partial charge >= 0.3 is 5.97 Å². The Bertz CT molecular complexity index is 422. The number of hydrogen-bond acceptors (Lipinski definition) is 3. The summed E-state index contributed by atoms with van der Waals surface area (Å²) in [4.78, 5) is 10.6. The summed E-state index contributed by atoms with van der Waals surface area (Å²) in [5.74, 6) is -0.966. The van der Waals surface area contributed by atoms with Crippen molar-refractivity contribution in [3.8, 4) is 5.75 Å². The molecule has 0 aromatic heterocycles. The second kappa shape index (κ2) is 4.00. The number of aliphatic carboxylic acids is 1. The van der Waals surface area contributed by atoms with Crippen molar-refractivity contribution >= 4 is 11.7 Å². The average molecular weight is 225 g/mol. The van der Waals surface area contributed by atoms with Crippen LogP contribution in [0.3, 0.4) is 0 Å². The zero-order valence-corrected chi connectivity index (χ0v) is 8.74. The second-order valence-corrected chi connectivity index (χ2v) is 3.83. The number of anilines is 1. The van der Waals surface area contributed by atoms with Gasteiger partial charge in [0.05, 0.1) is 18.2 Å². The third-order valence-corrected chi connectivity index (χ3v) is 2.54. The van der Waals surface area contributed by atoms with Gasteiger partial charge in [-0.2, -0.15) is 0 Å². The third-order valence-electron chi connectivity index (χ3n) is 2.54. The molecule has 2 atom stereocenters. The molecule has 4 nitrogen and oxygen atoms in total. The van der Waals surface area contributed by atoms with Crippen molar-refractivity contribution in [3.05, 3.63) is 24.0 Å². The molecule has 1 aromatic rings. The van der Waals surface area contributed by atoms with Crippen LogP contribution < -0.4 is 10.1 Å². The number of ether oxygens (including phenoxy) is 1. The second-order valence-electron chi connectivity index (χ2n) is 3.83. The fourth-order valence-electron chi connectivity index (χ4n) is 1.71. The Labute approximate surface area is 92.0 Å². The highest BCUT2D eigenvalue weighted by molar-refractivity contribution is 5.68. The molecule has 2 unspecified atom stereocenters. The molecule has 0 saturated carbocycles. The molecule has 16 heavy (non-hydrogen) atoms. The smallest absolute Gasteiger partial charge is 0.307 e. The van der Waals surface area contributed by atoms with E-state index in [1.807, 2.05) is 6.92 Å². The summed E-state index contributed by atoms with van der Waals surface area (Å²) < 4.78 is 18.4. The first-order valence-corrected chi connectivity index (χ1v) is 5.01. The predicted molar refractivity (Wildman–Crippen MR) is 56.2 cm³/mol. The summed E-state index contributed by atoms with van der Waals surface area (Å²) in [6, 6.07) is 4.05. The van der Waals surface area contributed by atoms with Gasteiger partial charge in [0.2, 0.25) is 0 Å². The molecule has 0 fully saturated rings. The van der Waals surface area contributed by atoms with E-state index in [1.54, 1.807) is 6.07 Å². The van der Waals surface area contributed by atoms with Gasteiger partial charge < -0.3 is 15.2 Å².